The standard InChI is InChI=1S/C16H35NO/c1-7-11-16(18)15(10-4)17(12-13(5)6)14(8-2)9-3/h13-16,18H,7-12H2,1-6H3. The highest BCUT2D eigenvalue weighted by atomic mass is 16.3. The van der Waals surface area contributed by atoms with Crippen LogP contribution in [0.2, 0.25) is 0 Å². The largest absolute Gasteiger partial charge is 0.391 e. The Bertz CT molecular complexity index is 190. The first-order valence-electron chi connectivity index (χ1n) is 7.95. The van der Waals surface area contributed by atoms with E-state index in [1.165, 1.54) is 12.8 Å². The lowest BCUT2D eigenvalue weighted by atomic mass is 9.97. The van der Waals surface area contributed by atoms with Crippen LogP contribution in [0, 0.1) is 5.92 Å². The average molecular weight is 257 g/mol. The van der Waals surface area contributed by atoms with E-state index in [2.05, 4.69) is 46.4 Å². The Kier molecular flexibility index (Phi) is 9.76. The van der Waals surface area contributed by atoms with E-state index in [0.717, 1.165) is 25.8 Å². The number of rotatable bonds is 10. The van der Waals surface area contributed by atoms with E-state index < -0.39 is 0 Å². The Morgan fingerprint density at radius 3 is 1.83 bits per heavy atom. The summed E-state index contributed by atoms with van der Waals surface area (Å²) in [4.78, 5) is 2.57. The number of aliphatic hydroxyl groups is 1. The Morgan fingerprint density at radius 2 is 1.50 bits per heavy atom. The van der Waals surface area contributed by atoms with Gasteiger partial charge in [-0.2, -0.15) is 0 Å². The van der Waals surface area contributed by atoms with Crippen molar-refractivity contribution >= 4 is 0 Å². The van der Waals surface area contributed by atoms with Gasteiger partial charge in [0.1, 0.15) is 0 Å². The summed E-state index contributed by atoms with van der Waals surface area (Å²) in [7, 11) is 0. The van der Waals surface area contributed by atoms with Gasteiger partial charge < -0.3 is 5.11 Å². The maximum atomic E-state index is 10.4. The molecular formula is C16H35NO. The molecule has 110 valence electrons. The third-order valence-electron chi connectivity index (χ3n) is 3.86. The molecule has 2 atom stereocenters. The fourth-order valence-corrected chi connectivity index (χ4v) is 2.95. The van der Waals surface area contributed by atoms with Gasteiger partial charge >= 0.3 is 0 Å². The summed E-state index contributed by atoms with van der Waals surface area (Å²) in [5, 5.41) is 10.4. The van der Waals surface area contributed by atoms with Gasteiger partial charge in [-0.1, -0.05) is 48.0 Å². The molecule has 0 saturated carbocycles. The molecule has 0 radical (unpaired) electrons. The van der Waals surface area contributed by atoms with Gasteiger partial charge in [-0.05, 0) is 31.6 Å². The second-order valence-electron chi connectivity index (χ2n) is 5.89. The van der Waals surface area contributed by atoms with Gasteiger partial charge in [0.05, 0.1) is 6.10 Å². The minimum atomic E-state index is -0.167. The molecule has 1 N–H and O–H groups in total. The summed E-state index contributed by atoms with van der Waals surface area (Å²) in [5.74, 6) is 0.661. The molecule has 0 spiro atoms. The summed E-state index contributed by atoms with van der Waals surface area (Å²) in [6.45, 7) is 14.5. The fraction of sp³-hybridized carbons (Fsp3) is 1.00. The molecule has 0 aliphatic carbocycles. The lowest BCUT2D eigenvalue weighted by Gasteiger charge is -2.40. The first-order valence-corrected chi connectivity index (χ1v) is 7.95. The molecule has 0 heterocycles. The van der Waals surface area contributed by atoms with Gasteiger partial charge in [-0.25, -0.2) is 0 Å². The molecule has 0 aromatic heterocycles. The highest BCUT2D eigenvalue weighted by Gasteiger charge is 2.28. The van der Waals surface area contributed by atoms with Crippen molar-refractivity contribution in [1.29, 1.82) is 0 Å². The van der Waals surface area contributed by atoms with Crippen LogP contribution in [0.25, 0.3) is 0 Å². The third kappa shape index (κ3) is 5.71. The highest BCUT2D eigenvalue weighted by molar-refractivity contribution is 4.83. The number of nitrogens with zero attached hydrogens (tertiary/aromatic N) is 1. The van der Waals surface area contributed by atoms with Crippen LogP contribution in [0.3, 0.4) is 0 Å². The van der Waals surface area contributed by atoms with Crippen LogP contribution in [0.1, 0.15) is 73.6 Å². The average Bonchev–Trinajstić information content (AvgIpc) is 2.31. The zero-order valence-electron chi connectivity index (χ0n) is 13.4. The van der Waals surface area contributed by atoms with Crippen molar-refractivity contribution in [1.82, 2.24) is 4.90 Å². The van der Waals surface area contributed by atoms with E-state index in [9.17, 15) is 5.11 Å². The lowest BCUT2D eigenvalue weighted by Crippen LogP contribution is -2.50. The van der Waals surface area contributed by atoms with Gasteiger partial charge in [0.25, 0.3) is 0 Å². The van der Waals surface area contributed by atoms with Gasteiger partial charge in [-0.15, -0.1) is 0 Å². The van der Waals surface area contributed by atoms with Crippen molar-refractivity contribution in [2.24, 2.45) is 5.92 Å². The first-order chi connectivity index (χ1) is 8.51. The number of hydrogen-bond donors (Lipinski definition) is 1. The predicted octanol–water partition coefficient (Wildman–Crippen LogP) is 4.07. The monoisotopic (exact) mass is 257 g/mol. The molecule has 0 bridgehead atoms. The first kappa shape index (κ1) is 17.9. The number of hydrogen-bond acceptors (Lipinski definition) is 2. The van der Waals surface area contributed by atoms with Crippen molar-refractivity contribution in [3.05, 3.63) is 0 Å². The Balaban J connectivity index is 4.86. The fourth-order valence-electron chi connectivity index (χ4n) is 2.95. The van der Waals surface area contributed by atoms with Gasteiger partial charge in [0.2, 0.25) is 0 Å². The van der Waals surface area contributed by atoms with Crippen molar-refractivity contribution in [3.8, 4) is 0 Å². The van der Waals surface area contributed by atoms with Gasteiger partial charge in [0, 0.05) is 18.6 Å². The lowest BCUT2D eigenvalue weighted by molar-refractivity contribution is 0.00777. The van der Waals surface area contributed by atoms with Crippen LogP contribution in [0.15, 0.2) is 0 Å². The summed E-state index contributed by atoms with van der Waals surface area (Å²) in [6.07, 6.45) is 5.23. The second-order valence-corrected chi connectivity index (χ2v) is 5.89. The number of aliphatic hydroxyl groups excluding tert-OH is 1. The van der Waals surface area contributed by atoms with Crippen LogP contribution >= 0.6 is 0 Å². The zero-order valence-corrected chi connectivity index (χ0v) is 13.4. The molecule has 0 rings (SSSR count). The summed E-state index contributed by atoms with van der Waals surface area (Å²) >= 11 is 0. The van der Waals surface area contributed by atoms with Crippen molar-refractivity contribution in [2.75, 3.05) is 6.54 Å². The van der Waals surface area contributed by atoms with E-state index in [-0.39, 0.29) is 6.10 Å². The molecule has 0 amide bonds. The minimum absolute atomic E-state index is 0.167. The molecule has 2 unspecified atom stereocenters. The van der Waals surface area contributed by atoms with Crippen LogP contribution in [-0.4, -0.2) is 34.7 Å². The van der Waals surface area contributed by atoms with Crippen LogP contribution in [0.5, 0.6) is 0 Å². The van der Waals surface area contributed by atoms with Gasteiger partial charge in [0.15, 0.2) is 0 Å². The highest BCUT2D eigenvalue weighted by Crippen LogP contribution is 2.21. The molecule has 0 fully saturated rings. The van der Waals surface area contributed by atoms with Crippen molar-refractivity contribution in [2.45, 2.75) is 91.8 Å². The van der Waals surface area contributed by atoms with E-state index in [4.69, 9.17) is 0 Å². The zero-order chi connectivity index (χ0) is 14.1. The molecule has 0 aliphatic heterocycles. The molecule has 18 heavy (non-hydrogen) atoms. The Labute approximate surface area is 115 Å². The predicted molar refractivity (Wildman–Crippen MR) is 80.9 cm³/mol. The quantitative estimate of drug-likeness (QED) is 0.637. The van der Waals surface area contributed by atoms with Crippen molar-refractivity contribution < 1.29 is 5.11 Å². The molecule has 0 aromatic carbocycles. The van der Waals surface area contributed by atoms with Crippen molar-refractivity contribution in [3.63, 3.8) is 0 Å². The third-order valence-corrected chi connectivity index (χ3v) is 3.86. The van der Waals surface area contributed by atoms with E-state index in [1.54, 1.807) is 0 Å². The summed E-state index contributed by atoms with van der Waals surface area (Å²) in [6, 6.07) is 0.945. The van der Waals surface area contributed by atoms with E-state index in [1.807, 2.05) is 0 Å². The Morgan fingerprint density at radius 1 is 0.944 bits per heavy atom. The molecule has 0 aliphatic rings. The SMILES string of the molecule is CCCC(O)C(CC)N(CC(C)C)C(CC)CC. The van der Waals surface area contributed by atoms with Crippen LogP contribution in [0.4, 0.5) is 0 Å². The molecule has 2 nitrogen and oxygen atoms in total. The molecular weight excluding hydrogens is 222 g/mol. The van der Waals surface area contributed by atoms with E-state index in [0.29, 0.717) is 18.0 Å². The van der Waals surface area contributed by atoms with E-state index >= 15 is 0 Å². The summed E-state index contributed by atoms with van der Waals surface area (Å²) in [5.41, 5.74) is 0. The molecule has 0 saturated heterocycles. The molecule has 2 heteroatoms. The maximum absolute atomic E-state index is 10.4. The van der Waals surface area contributed by atoms with Crippen LogP contribution < -0.4 is 0 Å². The van der Waals surface area contributed by atoms with Crippen LogP contribution in [-0.2, 0) is 0 Å². The Hall–Kier alpha value is -0.0800. The normalized spacial score (nSPS) is 15.7. The van der Waals surface area contributed by atoms with Gasteiger partial charge in [-0.3, -0.25) is 4.90 Å². The smallest absolute Gasteiger partial charge is 0.0695 e. The minimum Gasteiger partial charge on any atom is -0.391 e. The second kappa shape index (κ2) is 9.80. The summed E-state index contributed by atoms with van der Waals surface area (Å²) < 4.78 is 0. The molecule has 0 aromatic rings. The maximum Gasteiger partial charge on any atom is 0.0695 e. The topological polar surface area (TPSA) is 23.5 Å².